The van der Waals surface area contributed by atoms with Crippen LogP contribution in [0.15, 0.2) is 54.2 Å². The fourth-order valence-electron chi connectivity index (χ4n) is 3.89. The number of hydrogen-bond acceptors (Lipinski definition) is 4. The van der Waals surface area contributed by atoms with Crippen LogP contribution in [-0.2, 0) is 20.7 Å². The van der Waals surface area contributed by atoms with Gasteiger partial charge in [-0.05, 0) is 42.5 Å². The maximum atomic E-state index is 13.4. The van der Waals surface area contributed by atoms with Gasteiger partial charge >= 0.3 is 0 Å². The lowest BCUT2D eigenvalue weighted by atomic mass is 9.99. The van der Waals surface area contributed by atoms with Crippen LogP contribution in [0.2, 0.25) is 0 Å². The van der Waals surface area contributed by atoms with E-state index in [1.165, 1.54) is 10.5 Å². The Hall–Kier alpha value is -2.92. The van der Waals surface area contributed by atoms with Gasteiger partial charge in [0.1, 0.15) is 5.70 Å². The van der Waals surface area contributed by atoms with E-state index in [-0.39, 0.29) is 11.8 Å². The summed E-state index contributed by atoms with van der Waals surface area (Å²) in [6.45, 7) is 6.82. The van der Waals surface area contributed by atoms with Gasteiger partial charge in [0.15, 0.2) is 0 Å². The molecule has 2 amide bonds. The Balaban J connectivity index is 1.68. The molecule has 5 nitrogen and oxygen atoms in total. The molecule has 150 valence electrons. The van der Waals surface area contributed by atoms with Crippen LogP contribution in [0.4, 0.5) is 0 Å². The summed E-state index contributed by atoms with van der Waals surface area (Å²) in [5.74, 6) is -0.392. The molecule has 2 aliphatic heterocycles. The molecule has 0 aliphatic carbocycles. The van der Waals surface area contributed by atoms with Gasteiger partial charge in [0.25, 0.3) is 11.8 Å². The van der Waals surface area contributed by atoms with E-state index >= 15 is 0 Å². The minimum Gasteiger partial charge on any atom is -0.378 e. The molecule has 29 heavy (non-hydrogen) atoms. The summed E-state index contributed by atoms with van der Waals surface area (Å²) in [7, 11) is 0. The summed E-state index contributed by atoms with van der Waals surface area (Å²) in [5, 5.41) is 0. The first-order valence-electron chi connectivity index (χ1n) is 10.1. The molecule has 2 aliphatic rings. The molecule has 4 rings (SSSR count). The van der Waals surface area contributed by atoms with E-state index in [0.717, 1.165) is 16.7 Å². The molecule has 2 heterocycles. The van der Waals surface area contributed by atoms with Crippen molar-refractivity contribution >= 4 is 17.4 Å². The topological polar surface area (TPSA) is 49.9 Å². The molecule has 0 bridgehead atoms. The smallest absolute Gasteiger partial charge is 0.277 e. The number of ether oxygens (including phenoxy) is 1. The number of imide groups is 1. The molecule has 0 unspecified atom stereocenters. The van der Waals surface area contributed by atoms with Crippen molar-refractivity contribution in [3.8, 4) is 0 Å². The Morgan fingerprint density at radius 2 is 1.62 bits per heavy atom. The van der Waals surface area contributed by atoms with Crippen molar-refractivity contribution in [2.24, 2.45) is 0 Å². The van der Waals surface area contributed by atoms with Gasteiger partial charge in [-0.25, -0.2) is 0 Å². The quantitative estimate of drug-likeness (QED) is 0.737. The Labute approximate surface area is 171 Å². The average molecular weight is 390 g/mol. The van der Waals surface area contributed by atoms with Crippen molar-refractivity contribution in [1.82, 2.24) is 9.80 Å². The molecule has 0 aromatic heterocycles. The van der Waals surface area contributed by atoms with Gasteiger partial charge in [-0.1, -0.05) is 48.5 Å². The zero-order valence-electron chi connectivity index (χ0n) is 17.0. The number of benzene rings is 2. The van der Waals surface area contributed by atoms with E-state index in [0.29, 0.717) is 50.5 Å². The molecular weight excluding hydrogens is 364 g/mol. The number of rotatable bonds is 5. The average Bonchev–Trinajstić information content (AvgIpc) is 3.00. The highest BCUT2D eigenvalue weighted by Crippen LogP contribution is 2.33. The molecule has 0 spiro atoms. The molecule has 0 radical (unpaired) electrons. The van der Waals surface area contributed by atoms with Crippen LogP contribution in [0.5, 0.6) is 0 Å². The Bertz CT molecular complexity index is 959. The lowest BCUT2D eigenvalue weighted by molar-refractivity contribution is -0.137. The molecule has 1 saturated heterocycles. The maximum absolute atomic E-state index is 13.4. The zero-order valence-corrected chi connectivity index (χ0v) is 17.0. The standard InChI is InChI=1S/C24H26N2O3/c1-17-8-9-20(16-18(17)2)21-22(25-12-14-29-15-13-25)24(28)26(23(21)27)11-10-19-6-4-3-5-7-19/h3-9,16H,10-15H2,1-2H3. The molecule has 1 fully saturated rings. The van der Waals surface area contributed by atoms with Gasteiger partial charge in [0.05, 0.1) is 18.8 Å². The van der Waals surface area contributed by atoms with Crippen LogP contribution in [0.25, 0.3) is 5.57 Å². The summed E-state index contributed by atoms with van der Waals surface area (Å²) < 4.78 is 5.46. The first-order chi connectivity index (χ1) is 14.1. The third kappa shape index (κ3) is 3.83. The normalized spacial score (nSPS) is 17.4. The van der Waals surface area contributed by atoms with Crippen molar-refractivity contribution in [2.45, 2.75) is 20.3 Å². The molecule has 0 atom stereocenters. The van der Waals surface area contributed by atoms with Crippen LogP contribution >= 0.6 is 0 Å². The van der Waals surface area contributed by atoms with E-state index in [9.17, 15) is 9.59 Å². The highest BCUT2D eigenvalue weighted by atomic mass is 16.5. The van der Waals surface area contributed by atoms with Gasteiger partial charge in [-0.2, -0.15) is 0 Å². The lowest BCUT2D eigenvalue weighted by Gasteiger charge is -2.29. The van der Waals surface area contributed by atoms with Crippen molar-refractivity contribution < 1.29 is 14.3 Å². The fraction of sp³-hybridized carbons (Fsp3) is 0.333. The second-order valence-corrected chi connectivity index (χ2v) is 7.62. The van der Waals surface area contributed by atoms with Gasteiger partial charge < -0.3 is 9.64 Å². The SMILES string of the molecule is Cc1ccc(C2=C(N3CCOCC3)C(=O)N(CCc3ccccc3)C2=O)cc1C. The highest BCUT2D eigenvalue weighted by Gasteiger charge is 2.41. The van der Waals surface area contributed by atoms with Crippen molar-refractivity contribution in [3.63, 3.8) is 0 Å². The Kier molecular flexibility index (Phi) is 5.49. The second-order valence-electron chi connectivity index (χ2n) is 7.62. The number of carbonyl (C=O) groups is 2. The summed E-state index contributed by atoms with van der Waals surface area (Å²) in [6.07, 6.45) is 0.648. The lowest BCUT2D eigenvalue weighted by Crippen LogP contribution is -2.40. The Morgan fingerprint density at radius 3 is 2.31 bits per heavy atom. The van der Waals surface area contributed by atoms with Crippen LogP contribution in [0.1, 0.15) is 22.3 Å². The van der Waals surface area contributed by atoms with Crippen molar-refractivity contribution in [1.29, 1.82) is 0 Å². The second kappa shape index (κ2) is 8.21. The third-order valence-electron chi connectivity index (χ3n) is 5.73. The van der Waals surface area contributed by atoms with E-state index in [4.69, 9.17) is 4.74 Å². The summed E-state index contributed by atoms with van der Waals surface area (Å²) >= 11 is 0. The number of aryl methyl sites for hydroxylation is 2. The molecule has 2 aromatic carbocycles. The highest BCUT2D eigenvalue weighted by molar-refractivity contribution is 6.35. The van der Waals surface area contributed by atoms with Crippen LogP contribution in [-0.4, -0.2) is 54.5 Å². The first kappa shape index (κ1) is 19.4. The van der Waals surface area contributed by atoms with Crippen LogP contribution < -0.4 is 0 Å². The van der Waals surface area contributed by atoms with Crippen LogP contribution in [0.3, 0.4) is 0 Å². The first-order valence-corrected chi connectivity index (χ1v) is 10.1. The zero-order chi connectivity index (χ0) is 20.4. The number of hydrogen-bond donors (Lipinski definition) is 0. The summed E-state index contributed by atoms with van der Waals surface area (Å²) in [4.78, 5) is 30.1. The van der Waals surface area contributed by atoms with Crippen molar-refractivity contribution in [3.05, 3.63) is 76.5 Å². The predicted octanol–water partition coefficient (Wildman–Crippen LogP) is 2.96. The molecule has 0 N–H and O–H groups in total. The van der Waals surface area contributed by atoms with E-state index in [2.05, 4.69) is 0 Å². The van der Waals surface area contributed by atoms with Gasteiger partial charge in [0, 0.05) is 19.6 Å². The largest absolute Gasteiger partial charge is 0.378 e. The number of morpholine rings is 1. The predicted molar refractivity (Wildman–Crippen MR) is 112 cm³/mol. The van der Waals surface area contributed by atoms with Crippen LogP contribution in [0, 0.1) is 13.8 Å². The van der Waals surface area contributed by atoms with E-state index in [1.54, 1.807) is 0 Å². The van der Waals surface area contributed by atoms with E-state index < -0.39 is 0 Å². The van der Waals surface area contributed by atoms with E-state index in [1.807, 2.05) is 67.3 Å². The molecule has 2 aromatic rings. The monoisotopic (exact) mass is 390 g/mol. The minimum absolute atomic E-state index is 0.193. The molecule has 0 saturated carbocycles. The van der Waals surface area contributed by atoms with Gasteiger partial charge in [-0.15, -0.1) is 0 Å². The van der Waals surface area contributed by atoms with Gasteiger partial charge in [-0.3, -0.25) is 14.5 Å². The molecule has 5 heteroatoms. The number of carbonyl (C=O) groups excluding carboxylic acids is 2. The van der Waals surface area contributed by atoms with Gasteiger partial charge in [0.2, 0.25) is 0 Å². The minimum atomic E-state index is -0.198. The Morgan fingerprint density at radius 1 is 0.897 bits per heavy atom. The fourth-order valence-corrected chi connectivity index (χ4v) is 3.89. The molecular formula is C24H26N2O3. The maximum Gasteiger partial charge on any atom is 0.277 e. The number of amides is 2. The summed E-state index contributed by atoms with van der Waals surface area (Å²) in [6, 6.07) is 15.9. The summed E-state index contributed by atoms with van der Waals surface area (Å²) in [5.41, 5.74) is 5.25. The third-order valence-corrected chi connectivity index (χ3v) is 5.73. The van der Waals surface area contributed by atoms with Crippen molar-refractivity contribution in [2.75, 3.05) is 32.8 Å². The number of nitrogens with zero attached hydrogens (tertiary/aromatic N) is 2.